The predicted octanol–water partition coefficient (Wildman–Crippen LogP) is 5.81. The number of benzene rings is 2. The molecule has 0 saturated carbocycles. The maximum atomic E-state index is 14.4. The highest BCUT2D eigenvalue weighted by Gasteiger charge is 2.19. The topological polar surface area (TPSA) is 41.1 Å². The molecule has 140 valence electrons. The van der Waals surface area contributed by atoms with Gasteiger partial charge in [0, 0.05) is 21.6 Å². The van der Waals surface area contributed by atoms with E-state index in [0.717, 1.165) is 21.0 Å². The van der Waals surface area contributed by atoms with Crippen molar-refractivity contribution in [2.75, 3.05) is 11.9 Å². The normalized spacial score (nSPS) is 10.7. The van der Waals surface area contributed by atoms with E-state index in [9.17, 15) is 13.6 Å². The molecule has 27 heavy (non-hydrogen) atoms. The summed E-state index contributed by atoms with van der Waals surface area (Å²) in [5, 5.41) is 7.60. The van der Waals surface area contributed by atoms with Gasteiger partial charge in [0.15, 0.2) is 11.6 Å². The fourth-order valence-electron chi connectivity index (χ4n) is 2.61. The summed E-state index contributed by atoms with van der Waals surface area (Å²) in [6, 6.07) is 11.5. The number of aryl methyl sites for hydroxylation is 1. The Kier molecular flexibility index (Phi) is 6.23. The van der Waals surface area contributed by atoms with Gasteiger partial charge in [-0.05, 0) is 60.7 Å². The summed E-state index contributed by atoms with van der Waals surface area (Å²) in [5.74, 6) is -2.55. The molecule has 0 bridgehead atoms. The average molecular weight is 451 g/mol. The Balaban J connectivity index is 1.82. The van der Waals surface area contributed by atoms with Crippen LogP contribution in [-0.4, -0.2) is 12.5 Å². The van der Waals surface area contributed by atoms with Gasteiger partial charge in [0.05, 0.1) is 11.3 Å². The molecule has 0 aliphatic carbocycles. The zero-order valence-corrected chi connectivity index (χ0v) is 16.9. The molecule has 0 spiro atoms. The van der Waals surface area contributed by atoms with Crippen LogP contribution in [0.1, 0.15) is 20.8 Å². The maximum Gasteiger partial charge on any atom is 0.253 e. The Morgan fingerprint density at radius 1 is 1.19 bits per heavy atom. The first-order valence-electron chi connectivity index (χ1n) is 8.27. The molecule has 0 atom stereocenters. The van der Waals surface area contributed by atoms with Crippen molar-refractivity contribution in [2.45, 2.75) is 13.3 Å². The van der Waals surface area contributed by atoms with Crippen LogP contribution in [0.2, 0.25) is 0 Å². The molecule has 2 N–H and O–H groups in total. The van der Waals surface area contributed by atoms with Gasteiger partial charge in [-0.25, -0.2) is 8.78 Å². The Labute approximate surface area is 168 Å². The van der Waals surface area contributed by atoms with Crippen LogP contribution in [0.4, 0.5) is 20.2 Å². The number of nitrogens with one attached hydrogen (secondary N) is 2. The molecule has 1 heterocycles. The first-order chi connectivity index (χ1) is 13.0. The van der Waals surface area contributed by atoms with E-state index in [4.69, 9.17) is 0 Å². The summed E-state index contributed by atoms with van der Waals surface area (Å²) >= 11 is 4.97. The number of halogens is 3. The summed E-state index contributed by atoms with van der Waals surface area (Å²) in [6.07, 6.45) is 0.682. The molecular weight excluding hydrogens is 434 g/mol. The minimum atomic E-state index is -1.08. The van der Waals surface area contributed by atoms with Crippen LogP contribution >= 0.6 is 27.3 Å². The monoisotopic (exact) mass is 450 g/mol. The summed E-state index contributed by atoms with van der Waals surface area (Å²) in [6.45, 7) is 2.25. The largest absolute Gasteiger partial charge is 0.352 e. The summed E-state index contributed by atoms with van der Waals surface area (Å²) in [7, 11) is 0. The smallest absolute Gasteiger partial charge is 0.253 e. The molecule has 0 saturated heterocycles. The number of hydrogen-bond acceptors (Lipinski definition) is 3. The van der Waals surface area contributed by atoms with Crippen LogP contribution < -0.4 is 10.6 Å². The van der Waals surface area contributed by atoms with Gasteiger partial charge >= 0.3 is 0 Å². The molecule has 0 aliphatic rings. The molecule has 3 aromatic rings. The fraction of sp³-hybridized carbons (Fsp3) is 0.150. The minimum absolute atomic E-state index is 0.0578. The van der Waals surface area contributed by atoms with Gasteiger partial charge in [0.25, 0.3) is 5.91 Å². The number of anilines is 2. The van der Waals surface area contributed by atoms with Gasteiger partial charge in [-0.1, -0.05) is 22.0 Å². The number of thiophene rings is 1. The van der Waals surface area contributed by atoms with E-state index >= 15 is 0 Å². The Bertz CT molecular complexity index is 961. The van der Waals surface area contributed by atoms with Crippen molar-refractivity contribution in [1.82, 2.24) is 5.32 Å². The van der Waals surface area contributed by atoms with E-state index in [2.05, 4.69) is 26.6 Å². The Morgan fingerprint density at radius 3 is 2.70 bits per heavy atom. The van der Waals surface area contributed by atoms with Crippen molar-refractivity contribution in [3.8, 4) is 0 Å². The Morgan fingerprint density at radius 2 is 2.00 bits per heavy atom. The maximum absolute atomic E-state index is 14.4. The fourth-order valence-corrected chi connectivity index (χ4v) is 3.80. The van der Waals surface area contributed by atoms with Crippen LogP contribution in [0.5, 0.6) is 0 Å². The van der Waals surface area contributed by atoms with Gasteiger partial charge in [-0.3, -0.25) is 4.79 Å². The number of rotatable bonds is 6. The molecule has 1 aromatic heterocycles. The summed E-state index contributed by atoms with van der Waals surface area (Å²) < 4.78 is 29.1. The van der Waals surface area contributed by atoms with E-state index in [1.807, 2.05) is 30.5 Å². The SMILES string of the molecule is Cc1cc(Br)ccc1Nc1c(C(=O)NCCc2cccs2)ccc(F)c1F. The number of hydrogen-bond donors (Lipinski definition) is 2. The van der Waals surface area contributed by atoms with Crippen molar-refractivity contribution in [1.29, 1.82) is 0 Å². The molecule has 3 nitrogen and oxygen atoms in total. The molecular formula is C20H17BrF2N2OS. The third-order valence-electron chi connectivity index (χ3n) is 4.02. The van der Waals surface area contributed by atoms with Crippen molar-refractivity contribution >= 4 is 44.5 Å². The molecule has 1 amide bonds. The number of carbonyl (C=O) groups is 1. The van der Waals surface area contributed by atoms with Crippen molar-refractivity contribution < 1.29 is 13.6 Å². The van der Waals surface area contributed by atoms with Crippen molar-refractivity contribution in [2.24, 2.45) is 0 Å². The lowest BCUT2D eigenvalue weighted by Crippen LogP contribution is -2.26. The van der Waals surface area contributed by atoms with Gasteiger partial charge in [0.1, 0.15) is 0 Å². The molecule has 3 rings (SSSR count). The van der Waals surface area contributed by atoms with Crippen molar-refractivity contribution in [3.63, 3.8) is 0 Å². The molecule has 2 aromatic carbocycles. The van der Waals surface area contributed by atoms with Crippen molar-refractivity contribution in [3.05, 3.63) is 80.0 Å². The lowest BCUT2D eigenvalue weighted by atomic mass is 10.1. The van der Waals surface area contributed by atoms with Crippen LogP contribution in [0, 0.1) is 18.6 Å². The molecule has 0 fully saturated rings. The summed E-state index contributed by atoms with van der Waals surface area (Å²) in [4.78, 5) is 13.7. The minimum Gasteiger partial charge on any atom is -0.352 e. The zero-order valence-electron chi connectivity index (χ0n) is 14.5. The highest BCUT2D eigenvalue weighted by atomic mass is 79.9. The molecule has 0 aliphatic heterocycles. The lowest BCUT2D eigenvalue weighted by molar-refractivity contribution is 0.0954. The van der Waals surface area contributed by atoms with Crippen LogP contribution in [0.15, 0.2) is 52.3 Å². The average Bonchev–Trinajstić information content (AvgIpc) is 3.14. The van der Waals surface area contributed by atoms with Gasteiger partial charge in [-0.2, -0.15) is 0 Å². The number of carbonyl (C=O) groups excluding carboxylic acids is 1. The van der Waals surface area contributed by atoms with E-state index in [0.29, 0.717) is 18.7 Å². The lowest BCUT2D eigenvalue weighted by Gasteiger charge is -2.15. The first kappa shape index (κ1) is 19.5. The predicted molar refractivity (Wildman–Crippen MR) is 109 cm³/mol. The Hall–Kier alpha value is -2.25. The van der Waals surface area contributed by atoms with Gasteiger partial charge < -0.3 is 10.6 Å². The van der Waals surface area contributed by atoms with Crippen LogP contribution in [0.3, 0.4) is 0 Å². The first-order valence-corrected chi connectivity index (χ1v) is 9.94. The molecule has 0 radical (unpaired) electrons. The third-order valence-corrected chi connectivity index (χ3v) is 5.45. The van der Waals surface area contributed by atoms with E-state index in [1.165, 1.54) is 6.07 Å². The van der Waals surface area contributed by atoms with E-state index in [-0.39, 0.29) is 11.3 Å². The molecule has 0 unspecified atom stereocenters. The quantitative estimate of drug-likeness (QED) is 0.497. The van der Waals surface area contributed by atoms with E-state index < -0.39 is 17.5 Å². The highest BCUT2D eigenvalue weighted by Crippen LogP contribution is 2.29. The number of amides is 1. The molecule has 7 heteroatoms. The second-order valence-corrected chi connectivity index (χ2v) is 7.90. The standard InChI is InChI=1S/C20H17BrF2N2OS/c1-12-11-13(21)4-7-17(12)25-19-15(5-6-16(22)18(19)23)20(26)24-9-8-14-3-2-10-27-14/h2-7,10-11,25H,8-9H2,1H3,(H,24,26). The van der Waals surface area contributed by atoms with E-state index in [1.54, 1.807) is 23.5 Å². The van der Waals surface area contributed by atoms with Crippen LogP contribution in [-0.2, 0) is 6.42 Å². The van der Waals surface area contributed by atoms with Crippen LogP contribution in [0.25, 0.3) is 0 Å². The second-order valence-electron chi connectivity index (χ2n) is 5.95. The zero-order chi connectivity index (χ0) is 19.4. The summed E-state index contributed by atoms with van der Waals surface area (Å²) in [5.41, 5.74) is 1.31. The van der Waals surface area contributed by atoms with Gasteiger partial charge in [-0.15, -0.1) is 11.3 Å². The third kappa shape index (κ3) is 4.73. The highest BCUT2D eigenvalue weighted by molar-refractivity contribution is 9.10. The van der Waals surface area contributed by atoms with Gasteiger partial charge in [0.2, 0.25) is 0 Å². The second kappa shape index (κ2) is 8.63.